The van der Waals surface area contributed by atoms with Crippen molar-refractivity contribution in [1.82, 2.24) is 0 Å². The van der Waals surface area contributed by atoms with Crippen molar-refractivity contribution in [1.29, 1.82) is 0 Å². The number of fused-ring (bicyclic) bond motifs is 1. The van der Waals surface area contributed by atoms with Crippen molar-refractivity contribution in [3.05, 3.63) is 55.9 Å². The lowest BCUT2D eigenvalue weighted by Gasteiger charge is -2.05. The van der Waals surface area contributed by atoms with Gasteiger partial charge >= 0.3 is 5.63 Å². The van der Waals surface area contributed by atoms with Gasteiger partial charge in [-0.15, -0.1) is 0 Å². The molecule has 2 heterocycles. The lowest BCUT2D eigenvalue weighted by atomic mass is 10.1. The summed E-state index contributed by atoms with van der Waals surface area (Å²) in [6.07, 6.45) is 0. The van der Waals surface area contributed by atoms with Gasteiger partial charge in [-0.05, 0) is 26.0 Å². The third-order valence-electron chi connectivity index (χ3n) is 3.49. The van der Waals surface area contributed by atoms with Crippen LogP contribution in [-0.2, 0) is 0 Å². The molecule has 0 saturated carbocycles. The van der Waals surface area contributed by atoms with Crippen LogP contribution in [0.15, 0.2) is 37.9 Å². The van der Waals surface area contributed by atoms with Crippen molar-refractivity contribution in [3.63, 3.8) is 0 Å². The van der Waals surface area contributed by atoms with Gasteiger partial charge in [0.15, 0.2) is 11.5 Å². The van der Waals surface area contributed by atoms with Crippen molar-refractivity contribution in [2.45, 2.75) is 13.8 Å². The highest BCUT2D eigenvalue weighted by atomic mass is 16.6. The lowest BCUT2D eigenvalue weighted by molar-refractivity contribution is -0.384. The molecule has 112 valence electrons. The summed E-state index contributed by atoms with van der Waals surface area (Å²) in [6.45, 7) is 3.05. The molecule has 0 aliphatic carbocycles. The van der Waals surface area contributed by atoms with Crippen molar-refractivity contribution in [3.8, 4) is 17.3 Å². The molecule has 0 atom stereocenters. The number of nitro groups is 1. The van der Waals surface area contributed by atoms with Gasteiger partial charge in [-0.2, -0.15) is 0 Å². The minimum atomic E-state index is -0.662. The maximum Gasteiger partial charge on any atom is 0.343 e. The molecule has 2 aromatic heterocycles. The molecule has 0 spiro atoms. The predicted molar refractivity (Wildman–Crippen MR) is 78.0 cm³/mol. The number of nitro benzene ring substituents is 1. The van der Waals surface area contributed by atoms with Crippen molar-refractivity contribution in [2.75, 3.05) is 0 Å². The standard InChI is InChI=1S/C15H11NO6/c1-7-13(17)8(2)15(18)22-14(7)12-6-9-5-10(16(19)20)3-4-11(9)21-12/h3-6,17H,1-2H3. The predicted octanol–water partition coefficient (Wildman–Crippen LogP) is 3.28. The number of furan rings is 1. The van der Waals surface area contributed by atoms with Gasteiger partial charge < -0.3 is 13.9 Å². The number of nitrogens with zero attached hydrogens (tertiary/aromatic N) is 1. The molecule has 22 heavy (non-hydrogen) atoms. The molecule has 0 unspecified atom stereocenters. The van der Waals surface area contributed by atoms with Crippen LogP contribution in [0.25, 0.3) is 22.5 Å². The third kappa shape index (κ3) is 2.03. The summed E-state index contributed by atoms with van der Waals surface area (Å²) in [5.41, 5.74) is 0.177. The molecule has 3 rings (SSSR count). The van der Waals surface area contributed by atoms with Gasteiger partial charge in [0.2, 0.25) is 0 Å². The molecule has 0 amide bonds. The minimum Gasteiger partial charge on any atom is -0.507 e. The van der Waals surface area contributed by atoms with E-state index in [1.54, 1.807) is 6.92 Å². The summed E-state index contributed by atoms with van der Waals surface area (Å²) in [5, 5.41) is 21.2. The molecule has 0 aliphatic heterocycles. The van der Waals surface area contributed by atoms with Gasteiger partial charge in [0, 0.05) is 23.1 Å². The first-order valence-corrected chi connectivity index (χ1v) is 6.40. The van der Waals surface area contributed by atoms with Crippen molar-refractivity contribution < 1.29 is 18.9 Å². The molecule has 0 aliphatic rings. The van der Waals surface area contributed by atoms with Crippen LogP contribution in [0.1, 0.15) is 11.1 Å². The first kappa shape index (κ1) is 13.9. The third-order valence-corrected chi connectivity index (χ3v) is 3.49. The smallest absolute Gasteiger partial charge is 0.343 e. The van der Waals surface area contributed by atoms with Gasteiger partial charge in [-0.25, -0.2) is 4.79 Å². The van der Waals surface area contributed by atoms with E-state index in [1.807, 2.05) is 0 Å². The second kappa shape index (κ2) is 4.73. The number of rotatable bonds is 2. The van der Waals surface area contributed by atoms with Crippen LogP contribution in [0.3, 0.4) is 0 Å². The molecule has 1 N–H and O–H groups in total. The first-order valence-electron chi connectivity index (χ1n) is 6.40. The number of aromatic hydroxyl groups is 1. The normalized spacial score (nSPS) is 11.0. The molecule has 3 aromatic rings. The summed E-state index contributed by atoms with van der Waals surface area (Å²) < 4.78 is 10.7. The molecular weight excluding hydrogens is 290 g/mol. The van der Waals surface area contributed by atoms with E-state index in [9.17, 15) is 20.0 Å². The molecule has 1 aromatic carbocycles. The van der Waals surface area contributed by atoms with Gasteiger partial charge in [0.1, 0.15) is 11.3 Å². The van der Waals surface area contributed by atoms with E-state index in [0.29, 0.717) is 16.5 Å². The van der Waals surface area contributed by atoms with Gasteiger partial charge in [0.05, 0.1) is 10.5 Å². The number of hydrogen-bond acceptors (Lipinski definition) is 6. The zero-order chi connectivity index (χ0) is 16.0. The summed E-state index contributed by atoms with van der Waals surface area (Å²) in [5.74, 6) is 0.171. The fourth-order valence-electron chi connectivity index (χ4n) is 2.22. The van der Waals surface area contributed by atoms with Crippen LogP contribution in [0.4, 0.5) is 5.69 Å². The van der Waals surface area contributed by atoms with E-state index < -0.39 is 10.5 Å². The van der Waals surface area contributed by atoms with E-state index in [2.05, 4.69) is 0 Å². The Labute approximate surface area is 123 Å². The Hall–Kier alpha value is -3.09. The Balaban J connectivity index is 2.23. The Morgan fingerprint density at radius 1 is 1.14 bits per heavy atom. The monoisotopic (exact) mass is 301 g/mol. The fourth-order valence-corrected chi connectivity index (χ4v) is 2.22. The molecule has 0 saturated heterocycles. The largest absolute Gasteiger partial charge is 0.507 e. The second-order valence-corrected chi connectivity index (χ2v) is 4.91. The minimum absolute atomic E-state index is 0.0650. The fraction of sp³-hybridized carbons (Fsp3) is 0.133. The molecular formula is C15H11NO6. The maximum atomic E-state index is 11.7. The second-order valence-electron chi connectivity index (χ2n) is 4.91. The van der Waals surface area contributed by atoms with E-state index >= 15 is 0 Å². The Bertz CT molecular complexity index is 966. The SMILES string of the molecule is Cc1c(-c2cc3cc([N+](=O)[O-])ccc3o2)oc(=O)c(C)c1O. The van der Waals surface area contributed by atoms with E-state index in [-0.39, 0.29) is 28.5 Å². The zero-order valence-electron chi connectivity index (χ0n) is 11.7. The summed E-state index contributed by atoms with van der Waals surface area (Å²) in [6, 6.07) is 5.69. The van der Waals surface area contributed by atoms with Crippen LogP contribution in [0, 0.1) is 24.0 Å². The molecule has 0 fully saturated rings. The van der Waals surface area contributed by atoms with Crippen LogP contribution in [0.2, 0.25) is 0 Å². The lowest BCUT2D eigenvalue weighted by Crippen LogP contribution is -2.05. The van der Waals surface area contributed by atoms with Gasteiger partial charge in [0.25, 0.3) is 5.69 Å². The highest BCUT2D eigenvalue weighted by Gasteiger charge is 2.19. The average molecular weight is 301 g/mol. The van der Waals surface area contributed by atoms with Crippen LogP contribution >= 0.6 is 0 Å². The Morgan fingerprint density at radius 2 is 1.86 bits per heavy atom. The first-order chi connectivity index (χ1) is 10.4. The number of non-ortho nitro benzene ring substituents is 1. The highest BCUT2D eigenvalue weighted by Crippen LogP contribution is 2.34. The summed E-state index contributed by atoms with van der Waals surface area (Å²) >= 11 is 0. The van der Waals surface area contributed by atoms with Crippen LogP contribution < -0.4 is 5.63 Å². The average Bonchev–Trinajstić information content (AvgIpc) is 2.91. The van der Waals surface area contributed by atoms with Crippen LogP contribution in [-0.4, -0.2) is 10.0 Å². The summed E-state index contributed by atoms with van der Waals surface area (Å²) in [7, 11) is 0. The Kier molecular flexibility index (Phi) is 2.98. The van der Waals surface area contributed by atoms with Gasteiger partial charge in [-0.3, -0.25) is 10.1 Å². The van der Waals surface area contributed by atoms with E-state index in [1.165, 1.54) is 31.2 Å². The molecule has 0 radical (unpaired) electrons. The van der Waals surface area contributed by atoms with Crippen molar-refractivity contribution >= 4 is 16.7 Å². The van der Waals surface area contributed by atoms with Crippen LogP contribution in [0.5, 0.6) is 5.75 Å². The van der Waals surface area contributed by atoms with Crippen molar-refractivity contribution in [2.24, 2.45) is 0 Å². The number of benzene rings is 1. The topological polar surface area (TPSA) is 107 Å². The quantitative estimate of drug-likeness (QED) is 0.575. The molecule has 7 nitrogen and oxygen atoms in total. The molecule has 7 heteroatoms. The maximum absolute atomic E-state index is 11.7. The molecule has 0 bridgehead atoms. The zero-order valence-corrected chi connectivity index (χ0v) is 11.7. The van der Waals surface area contributed by atoms with E-state index in [4.69, 9.17) is 8.83 Å². The Morgan fingerprint density at radius 3 is 2.55 bits per heavy atom. The highest BCUT2D eigenvalue weighted by molar-refractivity contribution is 5.84. The van der Waals surface area contributed by atoms with E-state index in [0.717, 1.165) is 0 Å². The summed E-state index contributed by atoms with van der Waals surface area (Å²) in [4.78, 5) is 22.0. The van der Waals surface area contributed by atoms with Gasteiger partial charge in [-0.1, -0.05) is 0 Å². The number of hydrogen-bond donors (Lipinski definition) is 1.